The van der Waals surface area contributed by atoms with E-state index in [9.17, 15) is 0 Å². The average molecular weight is 513 g/mol. The molecule has 0 radical (unpaired) electrons. The second-order valence-electron chi connectivity index (χ2n) is 10.5. The Balaban J connectivity index is 1.90. The first-order chi connectivity index (χ1) is 17.4. The van der Waals surface area contributed by atoms with Gasteiger partial charge in [0.05, 0.1) is 5.40 Å². The Kier molecular flexibility index (Phi) is 6.95. The fourth-order valence-corrected chi connectivity index (χ4v) is 15.9. The van der Waals surface area contributed by atoms with Crippen LogP contribution in [0, 0.1) is 11.3 Å². The fourth-order valence-electron chi connectivity index (χ4n) is 5.99. The lowest BCUT2D eigenvalue weighted by molar-refractivity contribution is 0.133. The van der Waals surface area contributed by atoms with Crippen LogP contribution in [0.5, 0.6) is 0 Å². The molecule has 0 heterocycles. The maximum atomic E-state index is 16.0. The molecule has 1 aliphatic carbocycles. The van der Waals surface area contributed by atoms with E-state index in [0.29, 0.717) is 5.92 Å². The summed E-state index contributed by atoms with van der Waals surface area (Å²) in [5.74, 6) is 0.365. The van der Waals surface area contributed by atoms with Crippen LogP contribution in [0.1, 0.15) is 33.1 Å². The molecule has 1 fully saturated rings. The Morgan fingerprint density at radius 3 is 1.06 bits per heavy atom. The van der Waals surface area contributed by atoms with E-state index in [0.717, 1.165) is 34.1 Å². The predicted molar refractivity (Wildman–Crippen MR) is 154 cm³/mol. The minimum Gasteiger partial charge on any atom is -0.313 e. The van der Waals surface area contributed by atoms with E-state index in [1.54, 1.807) is 0 Å². The summed E-state index contributed by atoms with van der Waals surface area (Å²) >= 11 is 0. The molecule has 4 heteroatoms. The Bertz CT molecular complexity index is 1200. The van der Waals surface area contributed by atoms with Crippen molar-refractivity contribution in [3.05, 3.63) is 121 Å². The number of hydrogen-bond acceptors (Lipinski definition) is 2. The quantitative estimate of drug-likeness (QED) is 0.235. The molecule has 0 bridgehead atoms. The Morgan fingerprint density at radius 2 is 0.833 bits per heavy atom. The van der Waals surface area contributed by atoms with Gasteiger partial charge >= 0.3 is 0 Å². The van der Waals surface area contributed by atoms with E-state index in [4.69, 9.17) is 0 Å². The van der Waals surface area contributed by atoms with E-state index in [2.05, 4.69) is 13.8 Å². The molecule has 0 aromatic heterocycles. The topological polar surface area (TPSA) is 34.1 Å². The van der Waals surface area contributed by atoms with Crippen molar-refractivity contribution in [2.75, 3.05) is 0 Å². The molecule has 0 amide bonds. The van der Waals surface area contributed by atoms with E-state index >= 15 is 9.13 Å². The van der Waals surface area contributed by atoms with Gasteiger partial charge in [0, 0.05) is 21.2 Å². The summed E-state index contributed by atoms with van der Waals surface area (Å²) in [5.41, 5.74) is -0.430. The van der Waals surface area contributed by atoms with Gasteiger partial charge in [0.1, 0.15) is 0 Å². The van der Waals surface area contributed by atoms with E-state index in [-0.39, 0.29) is 0 Å². The zero-order chi connectivity index (χ0) is 25.2. The highest BCUT2D eigenvalue weighted by Crippen LogP contribution is 2.73. The van der Waals surface area contributed by atoms with Crippen molar-refractivity contribution in [3.63, 3.8) is 0 Å². The van der Waals surface area contributed by atoms with Crippen LogP contribution in [-0.2, 0) is 9.13 Å². The summed E-state index contributed by atoms with van der Waals surface area (Å²) in [6.07, 6.45) is 3.33. The van der Waals surface area contributed by atoms with Crippen LogP contribution in [0.2, 0.25) is 0 Å². The molecular formula is C32H34O2P2. The fraction of sp³-hybridized carbons (Fsp3) is 0.250. The molecule has 0 unspecified atom stereocenters. The maximum Gasteiger partial charge on any atom is 0.154 e. The van der Waals surface area contributed by atoms with Crippen molar-refractivity contribution >= 4 is 35.5 Å². The molecular weight excluding hydrogens is 478 g/mol. The third kappa shape index (κ3) is 4.15. The molecule has 1 saturated carbocycles. The minimum absolute atomic E-state index is 0.365. The van der Waals surface area contributed by atoms with Gasteiger partial charge in [-0.1, -0.05) is 142 Å². The van der Waals surface area contributed by atoms with Crippen LogP contribution in [-0.4, -0.2) is 5.40 Å². The predicted octanol–water partition coefficient (Wildman–Crippen LogP) is 7.17. The van der Waals surface area contributed by atoms with Crippen molar-refractivity contribution in [2.24, 2.45) is 11.3 Å². The first-order valence-corrected chi connectivity index (χ1v) is 16.4. The van der Waals surface area contributed by atoms with Gasteiger partial charge in [-0.2, -0.15) is 0 Å². The molecule has 0 atom stereocenters. The third-order valence-electron chi connectivity index (χ3n) is 8.07. The number of hydrogen-bond donors (Lipinski definition) is 0. The highest BCUT2D eigenvalue weighted by molar-refractivity contribution is 7.95. The van der Waals surface area contributed by atoms with Crippen molar-refractivity contribution in [1.82, 2.24) is 0 Å². The van der Waals surface area contributed by atoms with Gasteiger partial charge in [0.25, 0.3) is 0 Å². The molecule has 4 aromatic carbocycles. The monoisotopic (exact) mass is 512 g/mol. The van der Waals surface area contributed by atoms with Crippen LogP contribution in [0.15, 0.2) is 121 Å². The van der Waals surface area contributed by atoms with Crippen molar-refractivity contribution in [3.8, 4) is 0 Å². The third-order valence-corrected chi connectivity index (χ3v) is 17.0. The molecule has 5 rings (SSSR count). The molecule has 36 heavy (non-hydrogen) atoms. The summed E-state index contributed by atoms with van der Waals surface area (Å²) in [6.45, 7) is 4.44. The molecule has 4 aromatic rings. The van der Waals surface area contributed by atoms with Crippen LogP contribution in [0.3, 0.4) is 0 Å². The largest absolute Gasteiger partial charge is 0.313 e. The van der Waals surface area contributed by atoms with Gasteiger partial charge in [-0.15, -0.1) is 0 Å². The van der Waals surface area contributed by atoms with Gasteiger partial charge in [-0.05, 0) is 24.2 Å². The van der Waals surface area contributed by atoms with Gasteiger partial charge in [-0.25, -0.2) is 0 Å². The standard InChI is InChI=1S/C32H34O2P2/c1-32(2,26-16-15-17-26)31(35(33,27-18-7-3-8-19-27)28-20-9-4-10-21-28)36(34,29-22-11-5-12-23-29)30-24-13-6-14-25-30/h3-14,18-26,31H,15-17H2,1-2H3. The summed E-state index contributed by atoms with van der Waals surface area (Å²) in [7, 11) is -6.81. The van der Waals surface area contributed by atoms with E-state index in [1.165, 1.54) is 6.42 Å². The molecule has 0 aliphatic heterocycles. The van der Waals surface area contributed by atoms with Crippen LogP contribution in [0.25, 0.3) is 0 Å². The van der Waals surface area contributed by atoms with Crippen LogP contribution in [0.4, 0.5) is 0 Å². The van der Waals surface area contributed by atoms with E-state index < -0.39 is 25.1 Å². The van der Waals surface area contributed by atoms with Crippen molar-refractivity contribution in [1.29, 1.82) is 0 Å². The second kappa shape index (κ2) is 10.0. The molecule has 0 N–H and O–H groups in total. The summed E-state index contributed by atoms with van der Waals surface area (Å²) in [6, 6.07) is 39.2. The SMILES string of the molecule is CC(C)(C1CCC1)C(P(=O)(c1ccccc1)c1ccccc1)P(=O)(c1ccccc1)c1ccccc1. The lowest BCUT2D eigenvalue weighted by Gasteiger charge is -2.51. The molecule has 1 aliphatic rings. The zero-order valence-electron chi connectivity index (χ0n) is 21.0. The Labute approximate surface area is 215 Å². The smallest absolute Gasteiger partial charge is 0.154 e. The van der Waals surface area contributed by atoms with Crippen molar-refractivity contribution in [2.45, 2.75) is 38.5 Å². The van der Waals surface area contributed by atoms with Gasteiger partial charge in [-0.3, -0.25) is 0 Å². The second-order valence-corrected chi connectivity index (χ2v) is 16.6. The number of benzene rings is 4. The van der Waals surface area contributed by atoms with Gasteiger partial charge < -0.3 is 9.13 Å². The normalized spacial score (nSPS) is 15.0. The highest BCUT2D eigenvalue weighted by atomic mass is 31.2. The summed E-state index contributed by atoms with van der Waals surface area (Å²) < 4.78 is 32.1. The molecule has 184 valence electrons. The molecule has 2 nitrogen and oxygen atoms in total. The molecule has 0 saturated heterocycles. The number of rotatable bonds is 8. The zero-order valence-corrected chi connectivity index (χ0v) is 22.8. The lowest BCUT2D eigenvalue weighted by Crippen LogP contribution is -2.46. The Morgan fingerprint density at radius 1 is 0.556 bits per heavy atom. The van der Waals surface area contributed by atoms with Crippen molar-refractivity contribution < 1.29 is 9.13 Å². The van der Waals surface area contributed by atoms with E-state index in [1.807, 2.05) is 121 Å². The van der Waals surface area contributed by atoms with Crippen LogP contribution < -0.4 is 21.2 Å². The van der Waals surface area contributed by atoms with Gasteiger partial charge in [0.2, 0.25) is 0 Å². The minimum atomic E-state index is -3.40. The lowest BCUT2D eigenvalue weighted by atomic mass is 9.68. The first-order valence-electron chi connectivity index (χ1n) is 12.8. The highest BCUT2D eigenvalue weighted by Gasteiger charge is 2.58. The van der Waals surface area contributed by atoms with Crippen LogP contribution >= 0.6 is 14.3 Å². The summed E-state index contributed by atoms with van der Waals surface area (Å²) in [5, 5.41) is 2.53. The molecule has 0 spiro atoms. The first kappa shape index (κ1) is 25.0. The Hall–Kier alpha value is -2.66. The maximum absolute atomic E-state index is 16.0. The summed E-state index contributed by atoms with van der Waals surface area (Å²) in [4.78, 5) is 0. The van der Waals surface area contributed by atoms with Gasteiger partial charge in [0.15, 0.2) is 14.3 Å². The average Bonchev–Trinajstić information content (AvgIpc) is 2.89.